The molecule has 1 unspecified atom stereocenters. The fraction of sp³-hybridized carbons (Fsp3) is 0.429. The van der Waals surface area contributed by atoms with Gasteiger partial charge in [-0.3, -0.25) is 4.79 Å². The largest absolute Gasteiger partial charge is 0.507 e. The van der Waals surface area contributed by atoms with Crippen molar-refractivity contribution in [2.45, 2.75) is 31.7 Å². The molecule has 1 atom stereocenters. The Hall–Kier alpha value is -1.56. The van der Waals surface area contributed by atoms with E-state index in [-0.39, 0.29) is 11.3 Å². The van der Waals surface area contributed by atoms with E-state index in [1.54, 1.807) is 6.07 Å². The normalized spacial score (nSPS) is 19.4. The highest BCUT2D eigenvalue weighted by Gasteiger charge is 2.32. The molecule has 2 N–H and O–H groups in total. The molecule has 1 aliphatic rings. The minimum absolute atomic E-state index is 0.140. The molecular formula is C14H16BrNO4. The number of carbonyl (C=O) groups is 2. The van der Waals surface area contributed by atoms with E-state index in [0.717, 1.165) is 19.3 Å². The fourth-order valence-corrected chi connectivity index (χ4v) is 2.80. The third kappa shape index (κ3) is 3.12. The van der Waals surface area contributed by atoms with E-state index in [0.29, 0.717) is 17.4 Å². The monoisotopic (exact) mass is 341 g/mol. The van der Waals surface area contributed by atoms with E-state index >= 15 is 0 Å². The maximum Gasteiger partial charge on any atom is 0.326 e. The first kappa shape index (κ1) is 14.8. The molecule has 6 heteroatoms. The Labute approximate surface area is 125 Å². The summed E-state index contributed by atoms with van der Waals surface area (Å²) in [4.78, 5) is 25.2. The second-order valence-electron chi connectivity index (χ2n) is 4.86. The van der Waals surface area contributed by atoms with E-state index in [9.17, 15) is 19.8 Å². The molecule has 1 saturated heterocycles. The number of phenols is 1. The maximum atomic E-state index is 12.5. The lowest BCUT2D eigenvalue weighted by Crippen LogP contribution is -2.44. The average Bonchev–Trinajstić information content (AvgIpc) is 2.63. The summed E-state index contributed by atoms with van der Waals surface area (Å²) in [6.45, 7) is 0.408. The predicted octanol–water partition coefficient (Wildman–Crippen LogP) is 2.62. The number of likely N-dealkylation sites (tertiary alicyclic amines) is 1. The van der Waals surface area contributed by atoms with Crippen molar-refractivity contribution in [2.24, 2.45) is 0 Å². The molecule has 5 nitrogen and oxygen atoms in total. The van der Waals surface area contributed by atoms with Gasteiger partial charge in [-0.2, -0.15) is 0 Å². The van der Waals surface area contributed by atoms with Gasteiger partial charge in [-0.05, 0) is 31.0 Å². The summed E-state index contributed by atoms with van der Waals surface area (Å²) in [5.74, 6) is -1.56. The van der Waals surface area contributed by atoms with Crippen molar-refractivity contribution in [3.05, 3.63) is 28.2 Å². The molecule has 1 aromatic rings. The molecule has 0 radical (unpaired) electrons. The number of nitrogens with zero attached hydrogens (tertiary/aromatic N) is 1. The van der Waals surface area contributed by atoms with Crippen LogP contribution in [0.3, 0.4) is 0 Å². The lowest BCUT2D eigenvalue weighted by molar-refractivity contribution is -0.142. The molecule has 108 valence electrons. The molecule has 0 aromatic heterocycles. The van der Waals surface area contributed by atoms with Crippen LogP contribution in [0.1, 0.15) is 36.0 Å². The minimum Gasteiger partial charge on any atom is -0.507 e. The zero-order valence-electron chi connectivity index (χ0n) is 10.9. The van der Waals surface area contributed by atoms with Crippen LogP contribution < -0.4 is 0 Å². The summed E-state index contributed by atoms with van der Waals surface area (Å²) in [6, 6.07) is 3.78. The number of rotatable bonds is 2. The Morgan fingerprint density at radius 1 is 1.25 bits per heavy atom. The van der Waals surface area contributed by atoms with E-state index in [1.807, 2.05) is 0 Å². The van der Waals surface area contributed by atoms with Gasteiger partial charge in [0, 0.05) is 11.0 Å². The smallest absolute Gasteiger partial charge is 0.326 e. The molecule has 0 bridgehead atoms. The van der Waals surface area contributed by atoms with Crippen LogP contribution in [-0.4, -0.2) is 39.6 Å². The average molecular weight is 342 g/mol. The number of phenolic OH excluding ortho intramolecular Hbond substituents is 1. The molecule has 1 amide bonds. The Bertz CT molecular complexity index is 532. The number of aromatic hydroxyl groups is 1. The number of amides is 1. The van der Waals surface area contributed by atoms with Crippen LogP contribution in [0, 0.1) is 0 Å². The molecule has 1 fully saturated rings. The lowest BCUT2D eigenvalue weighted by Gasteiger charge is -2.27. The first-order chi connectivity index (χ1) is 9.50. The van der Waals surface area contributed by atoms with Crippen LogP contribution in [0.5, 0.6) is 5.75 Å². The van der Waals surface area contributed by atoms with Crippen molar-refractivity contribution in [3.8, 4) is 5.75 Å². The van der Waals surface area contributed by atoms with Crippen LogP contribution in [0.4, 0.5) is 0 Å². The quantitative estimate of drug-likeness (QED) is 0.866. The standard InChI is InChI=1S/C14H16BrNO4/c15-9-5-6-10(12(17)8-9)13(18)16-7-3-1-2-4-11(16)14(19)20/h5-6,8,11,17H,1-4,7H2,(H,19,20). The number of carboxylic acid groups (broad SMARTS) is 1. The number of benzene rings is 1. The Morgan fingerprint density at radius 3 is 2.65 bits per heavy atom. The van der Waals surface area contributed by atoms with Crippen molar-refractivity contribution >= 4 is 27.8 Å². The summed E-state index contributed by atoms with van der Waals surface area (Å²) in [5.41, 5.74) is 0.140. The SMILES string of the molecule is O=C(O)C1CCCCCN1C(=O)c1ccc(Br)cc1O. The van der Waals surface area contributed by atoms with Gasteiger partial charge in [0.2, 0.25) is 0 Å². The van der Waals surface area contributed by atoms with Crippen molar-refractivity contribution < 1.29 is 19.8 Å². The zero-order valence-corrected chi connectivity index (χ0v) is 12.5. The second-order valence-corrected chi connectivity index (χ2v) is 5.78. The van der Waals surface area contributed by atoms with E-state index in [4.69, 9.17) is 0 Å². The summed E-state index contributed by atoms with van der Waals surface area (Å²) in [7, 11) is 0. The highest BCUT2D eigenvalue weighted by Crippen LogP contribution is 2.26. The van der Waals surface area contributed by atoms with Crippen molar-refractivity contribution in [1.29, 1.82) is 0 Å². The Balaban J connectivity index is 2.31. The first-order valence-electron chi connectivity index (χ1n) is 6.53. The van der Waals surface area contributed by atoms with Crippen LogP contribution >= 0.6 is 15.9 Å². The van der Waals surface area contributed by atoms with Crippen LogP contribution in [0.2, 0.25) is 0 Å². The van der Waals surface area contributed by atoms with Crippen LogP contribution in [0.15, 0.2) is 22.7 Å². The predicted molar refractivity (Wildman–Crippen MR) is 76.7 cm³/mol. The first-order valence-corrected chi connectivity index (χ1v) is 7.32. The van der Waals surface area contributed by atoms with E-state index < -0.39 is 17.9 Å². The molecule has 1 heterocycles. The number of halogens is 1. The number of hydrogen-bond acceptors (Lipinski definition) is 3. The third-order valence-corrected chi connectivity index (χ3v) is 3.98. The van der Waals surface area contributed by atoms with Crippen LogP contribution in [-0.2, 0) is 4.79 Å². The summed E-state index contributed by atoms with van der Waals surface area (Å²) >= 11 is 3.21. The number of hydrogen-bond donors (Lipinski definition) is 2. The molecule has 2 rings (SSSR count). The summed E-state index contributed by atoms with van der Waals surface area (Å²) < 4.78 is 0.664. The summed E-state index contributed by atoms with van der Waals surface area (Å²) in [6.07, 6.45) is 2.96. The molecule has 20 heavy (non-hydrogen) atoms. The van der Waals surface area contributed by atoms with Gasteiger partial charge in [-0.15, -0.1) is 0 Å². The second kappa shape index (κ2) is 6.26. The zero-order chi connectivity index (χ0) is 14.7. The highest BCUT2D eigenvalue weighted by molar-refractivity contribution is 9.10. The van der Waals surface area contributed by atoms with E-state index in [1.165, 1.54) is 17.0 Å². The lowest BCUT2D eigenvalue weighted by atomic mass is 10.1. The van der Waals surface area contributed by atoms with Gasteiger partial charge in [-0.1, -0.05) is 28.8 Å². The van der Waals surface area contributed by atoms with Gasteiger partial charge in [0.25, 0.3) is 5.91 Å². The Kier molecular flexibility index (Phi) is 4.65. The van der Waals surface area contributed by atoms with Gasteiger partial charge in [0.05, 0.1) is 5.56 Å². The Morgan fingerprint density at radius 2 is 2.00 bits per heavy atom. The molecule has 1 aliphatic heterocycles. The maximum absolute atomic E-state index is 12.5. The van der Waals surface area contributed by atoms with Gasteiger partial charge >= 0.3 is 5.97 Å². The van der Waals surface area contributed by atoms with Gasteiger partial charge < -0.3 is 15.1 Å². The molecule has 0 spiro atoms. The van der Waals surface area contributed by atoms with Gasteiger partial charge in [0.1, 0.15) is 11.8 Å². The topological polar surface area (TPSA) is 77.8 Å². The molecule has 1 aromatic carbocycles. The molecule has 0 aliphatic carbocycles. The van der Waals surface area contributed by atoms with Crippen molar-refractivity contribution in [1.82, 2.24) is 4.90 Å². The number of carbonyl (C=O) groups excluding carboxylic acids is 1. The number of carboxylic acids is 1. The fourth-order valence-electron chi connectivity index (χ4n) is 2.45. The van der Waals surface area contributed by atoms with Gasteiger partial charge in [-0.25, -0.2) is 4.79 Å². The summed E-state index contributed by atoms with van der Waals surface area (Å²) in [5, 5.41) is 19.1. The van der Waals surface area contributed by atoms with Crippen LogP contribution in [0.25, 0.3) is 0 Å². The molecule has 0 saturated carbocycles. The van der Waals surface area contributed by atoms with Crippen molar-refractivity contribution in [2.75, 3.05) is 6.54 Å². The van der Waals surface area contributed by atoms with E-state index in [2.05, 4.69) is 15.9 Å². The number of aliphatic carboxylic acids is 1. The van der Waals surface area contributed by atoms with Gasteiger partial charge in [0.15, 0.2) is 0 Å². The minimum atomic E-state index is -0.989. The highest BCUT2D eigenvalue weighted by atomic mass is 79.9. The third-order valence-electron chi connectivity index (χ3n) is 3.49. The molecular weight excluding hydrogens is 326 g/mol. The van der Waals surface area contributed by atoms with Crippen molar-refractivity contribution in [3.63, 3.8) is 0 Å².